The van der Waals surface area contributed by atoms with E-state index in [4.69, 9.17) is 10.6 Å². The molecule has 4 N–H and O–H groups in total. The summed E-state index contributed by atoms with van der Waals surface area (Å²) in [7, 11) is 5.40. The summed E-state index contributed by atoms with van der Waals surface area (Å²) < 4.78 is 5.00. The molecule has 0 fully saturated rings. The molecular weight excluding hydrogens is 258 g/mol. The molecule has 0 aliphatic heterocycles. The normalized spacial score (nSPS) is 10.0. The van der Waals surface area contributed by atoms with E-state index in [1.54, 1.807) is 0 Å². The van der Waals surface area contributed by atoms with Gasteiger partial charge in [-0.3, -0.25) is 5.43 Å². The lowest BCUT2D eigenvalue weighted by Crippen LogP contribution is -2.14. The van der Waals surface area contributed by atoms with Gasteiger partial charge in [-0.05, 0) is 12.1 Å². The summed E-state index contributed by atoms with van der Waals surface area (Å²) in [6.45, 7) is 0. The fourth-order valence-electron chi connectivity index (χ4n) is 1.66. The zero-order valence-corrected chi connectivity index (χ0v) is 11.6. The molecule has 8 nitrogen and oxygen atoms in total. The van der Waals surface area contributed by atoms with Gasteiger partial charge in [0.25, 0.3) is 0 Å². The van der Waals surface area contributed by atoms with Crippen LogP contribution in [0.4, 0.5) is 23.3 Å². The van der Waals surface area contributed by atoms with E-state index in [1.165, 1.54) is 7.11 Å². The van der Waals surface area contributed by atoms with Crippen molar-refractivity contribution in [1.29, 1.82) is 0 Å². The van der Waals surface area contributed by atoms with Gasteiger partial charge in [0.2, 0.25) is 11.9 Å². The predicted octanol–water partition coefficient (Wildman–Crippen LogP) is 0.975. The Labute approximate surface area is 117 Å². The number of hydrazine groups is 1. The highest BCUT2D eigenvalue weighted by Crippen LogP contribution is 2.26. The molecule has 106 valence electrons. The van der Waals surface area contributed by atoms with E-state index in [0.717, 1.165) is 11.4 Å². The summed E-state index contributed by atoms with van der Waals surface area (Å²) in [5, 5.41) is 3.12. The first-order valence-electron chi connectivity index (χ1n) is 5.94. The van der Waals surface area contributed by atoms with E-state index in [9.17, 15) is 0 Å². The number of nitrogens with zero attached hydrogens (tertiary/aromatic N) is 4. The Bertz CT molecular complexity index is 566. The number of rotatable bonds is 5. The molecule has 0 radical (unpaired) electrons. The molecule has 0 saturated carbocycles. The Morgan fingerprint density at radius 2 is 1.80 bits per heavy atom. The van der Waals surface area contributed by atoms with E-state index in [2.05, 4.69) is 25.7 Å². The summed E-state index contributed by atoms with van der Waals surface area (Å²) in [5.41, 5.74) is 4.25. The Balaban J connectivity index is 2.34. The molecule has 0 atom stereocenters. The van der Waals surface area contributed by atoms with Crippen molar-refractivity contribution in [1.82, 2.24) is 15.0 Å². The number of aromatic nitrogens is 3. The van der Waals surface area contributed by atoms with Gasteiger partial charge in [-0.15, -0.1) is 0 Å². The van der Waals surface area contributed by atoms with E-state index in [-0.39, 0.29) is 12.0 Å². The van der Waals surface area contributed by atoms with E-state index < -0.39 is 0 Å². The van der Waals surface area contributed by atoms with Crippen molar-refractivity contribution < 1.29 is 4.74 Å². The van der Waals surface area contributed by atoms with Crippen LogP contribution < -0.4 is 26.2 Å². The Morgan fingerprint density at radius 3 is 2.45 bits per heavy atom. The van der Waals surface area contributed by atoms with Crippen molar-refractivity contribution in [2.24, 2.45) is 5.84 Å². The molecule has 8 heteroatoms. The standard InChI is InChI=1S/C12H17N7O/c1-19(2)9-7-5-4-6-8(9)14-10-15-11(18-13)17-12(16-10)20-3/h4-7H,13H2,1-3H3,(H2,14,15,16,17,18). The average molecular weight is 275 g/mol. The van der Waals surface area contributed by atoms with Crippen LogP contribution in [0.5, 0.6) is 6.01 Å². The summed E-state index contributed by atoms with van der Waals surface area (Å²) in [6, 6.07) is 7.99. The molecule has 0 aliphatic rings. The van der Waals surface area contributed by atoms with Gasteiger partial charge in [0, 0.05) is 14.1 Å². The maximum atomic E-state index is 5.32. The SMILES string of the molecule is COc1nc(NN)nc(Nc2ccccc2N(C)C)n1. The van der Waals surface area contributed by atoms with Crippen LogP contribution in [-0.2, 0) is 0 Å². The van der Waals surface area contributed by atoms with Crippen LogP contribution >= 0.6 is 0 Å². The summed E-state index contributed by atoms with van der Waals surface area (Å²) in [5.74, 6) is 5.89. The third kappa shape index (κ3) is 3.04. The van der Waals surface area contributed by atoms with Gasteiger partial charge in [0.15, 0.2) is 0 Å². The Hall–Kier alpha value is -2.61. The summed E-state index contributed by atoms with van der Waals surface area (Å²) in [6.07, 6.45) is 0. The number of nitrogen functional groups attached to an aromatic ring is 1. The van der Waals surface area contributed by atoms with Crippen LogP contribution in [0.3, 0.4) is 0 Å². The number of nitrogens with two attached hydrogens (primary N) is 1. The largest absolute Gasteiger partial charge is 0.467 e. The minimum atomic E-state index is 0.179. The third-order valence-corrected chi connectivity index (χ3v) is 2.56. The number of ether oxygens (including phenoxy) is 1. The first kappa shape index (κ1) is 13.8. The molecule has 0 bridgehead atoms. The van der Waals surface area contributed by atoms with Gasteiger partial charge in [-0.1, -0.05) is 12.1 Å². The molecule has 2 aromatic rings. The van der Waals surface area contributed by atoms with Gasteiger partial charge in [0.1, 0.15) is 0 Å². The fourth-order valence-corrected chi connectivity index (χ4v) is 1.66. The number of para-hydroxylation sites is 2. The average Bonchev–Trinajstić information content (AvgIpc) is 2.47. The molecule has 1 heterocycles. The highest BCUT2D eigenvalue weighted by Gasteiger charge is 2.09. The second-order valence-electron chi connectivity index (χ2n) is 4.15. The van der Waals surface area contributed by atoms with E-state index in [0.29, 0.717) is 5.95 Å². The van der Waals surface area contributed by atoms with Gasteiger partial charge in [-0.2, -0.15) is 15.0 Å². The lowest BCUT2D eigenvalue weighted by atomic mass is 10.2. The first-order valence-corrected chi connectivity index (χ1v) is 5.94. The molecule has 0 unspecified atom stereocenters. The van der Waals surface area contributed by atoms with E-state index >= 15 is 0 Å². The number of benzene rings is 1. The van der Waals surface area contributed by atoms with Gasteiger partial charge in [-0.25, -0.2) is 5.84 Å². The number of hydrogen-bond donors (Lipinski definition) is 3. The highest BCUT2D eigenvalue weighted by atomic mass is 16.5. The zero-order valence-electron chi connectivity index (χ0n) is 11.6. The maximum absolute atomic E-state index is 5.32. The molecule has 20 heavy (non-hydrogen) atoms. The lowest BCUT2D eigenvalue weighted by molar-refractivity contribution is 0.379. The Morgan fingerprint density at radius 1 is 1.10 bits per heavy atom. The summed E-state index contributed by atoms with van der Waals surface area (Å²) >= 11 is 0. The van der Waals surface area contributed by atoms with Crippen molar-refractivity contribution in [3.8, 4) is 6.01 Å². The van der Waals surface area contributed by atoms with Crippen LogP contribution in [0.1, 0.15) is 0 Å². The predicted molar refractivity (Wildman–Crippen MR) is 78.2 cm³/mol. The first-order chi connectivity index (χ1) is 9.63. The number of methoxy groups -OCH3 is 1. The van der Waals surface area contributed by atoms with E-state index in [1.807, 2.05) is 43.3 Å². The molecule has 0 aliphatic carbocycles. The highest BCUT2D eigenvalue weighted by molar-refractivity contribution is 5.73. The maximum Gasteiger partial charge on any atom is 0.322 e. The van der Waals surface area contributed by atoms with Crippen LogP contribution in [0.25, 0.3) is 0 Å². The van der Waals surface area contributed by atoms with Crippen molar-refractivity contribution >= 4 is 23.3 Å². The topological polar surface area (TPSA) is 101 Å². The fraction of sp³-hybridized carbons (Fsp3) is 0.250. The molecule has 1 aromatic carbocycles. The number of nitrogens with one attached hydrogen (secondary N) is 2. The molecule has 0 saturated heterocycles. The minimum absolute atomic E-state index is 0.179. The molecular formula is C12H17N7O. The molecule has 2 rings (SSSR count). The van der Waals surface area contributed by atoms with Crippen molar-refractivity contribution in [2.75, 3.05) is 36.8 Å². The third-order valence-electron chi connectivity index (χ3n) is 2.56. The van der Waals surface area contributed by atoms with Crippen molar-refractivity contribution in [3.63, 3.8) is 0 Å². The monoisotopic (exact) mass is 275 g/mol. The molecule has 0 spiro atoms. The van der Waals surface area contributed by atoms with Crippen molar-refractivity contribution in [3.05, 3.63) is 24.3 Å². The van der Waals surface area contributed by atoms with Crippen LogP contribution in [-0.4, -0.2) is 36.2 Å². The second kappa shape index (κ2) is 6.02. The quantitative estimate of drug-likeness (QED) is 0.548. The number of hydrogen-bond acceptors (Lipinski definition) is 8. The summed E-state index contributed by atoms with van der Waals surface area (Å²) in [4.78, 5) is 14.2. The van der Waals surface area contributed by atoms with Gasteiger partial charge >= 0.3 is 6.01 Å². The van der Waals surface area contributed by atoms with Gasteiger partial charge < -0.3 is 15.0 Å². The zero-order chi connectivity index (χ0) is 14.5. The Kier molecular flexibility index (Phi) is 4.16. The van der Waals surface area contributed by atoms with Crippen LogP contribution in [0.15, 0.2) is 24.3 Å². The van der Waals surface area contributed by atoms with Crippen LogP contribution in [0, 0.1) is 0 Å². The molecule has 0 amide bonds. The van der Waals surface area contributed by atoms with Gasteiger partial charge in [0.05, 0.1) is 18.5 Å². The minimum Gasteiger partial charge on any atom is -0.467 e. The number of anilines is 4. The molecule has 1 aromatic heterocycles. The lowest BCUT2D eigenvalue weighted by Gasteiger charge is -2.17. The van der Waals surface area contributed by atoms with Crippen LogP contribution in [0.2, 0.25) is 0 Å². The second-order valence-corrected chi connectivity index (χ2v) is 4.15. The smallest absolute Gasteiger partial charge is 0.322 e. The van der Waals surface area contributed by atoms with Crippen molar-refractivity contribution in [2.45, 2.75) is 0 Å².